The fourth-order valence-corrected chi connectivity index (χ4v) is 0.771. The summed E-state index contributed by atoms with van der Waals surface area (Å²) in [5.74, 6) is -1.03. The van der Waals surface area contributed by atoms with Gasteiger partial charge in [0.1, 0.15) is 5.82 Å². The molecule has 15 heavy (non-hydrogen) atoms. The van der Waals surface area contributed by atoms with E-state index in [1.165, 1.54) is 0 Å². The van der Waals surface area contributed by atoms with Crippen LogP contribution in [-0.2, 0) is 12.7 Å². The predicted octanol–water partition coefficient (Wildman–Crippen LogP) is 0.0488. The molecule has 0 radical (unpaired) electrons. The highest BCUT2D eigenvalue weighted by Gasteiger charge is 2.31. The standard InChI is InChI=1S/C7H6F4N2.2H2O/c8-5-1-4(7(9,10)11)3-13-6(5)2-12;;/h1,3H,2,12H2;2*1H2. The van der Waals surface area contributed by atoms with E-state index in [4.69, 9.17) is 5.73 Å². The lowest BCUT2D eigenvalue weighted by molar-refractivity contribution is -0.138. The largest absolute Gasteiger partial charge is 0.417 e. The third kappa shape index (κ3) is 3.78. The lowest BCUT2D eigenvalue weighted by Gasteiger charge is -2.06. The highest BCUT2D eigenvalue weighted by atomic mass is 19.4. The van der Waals surface area contributed by atoms with Crippen molar-refractivity contribution in [2.75, 3.05) is 0 Å². The SMILES string of the molecule is NCc1ncc(C(F)(F)F)cc1F.O.O. The van der Waals surface area contributed by atoms with E-state index >= 15 is 0 Å². The van der Waals surface area contributed by atoms with Gasteiger partial charge in [-0.25, -0.2) is 4.39 Å². The van der Waals surface area contributed by atoms with Crippen LogP contribution in [0.4, 0.5) is 17.6 Å². The second-order valence-corrected chi connectivity index (χ2v) is 2.35. The normalized spacial score (nSPS) is 10.2. The molecule has 0 aromatic carbocycles. The molecule has 6 N–H and O–H groups in total. The monoisotopic (exact) mass is 230 g/mol. The fraction of sp³-hybridized carbons (Fsp3) is 0.286. The third-order valence-corrected chi connectivity index (χ3v) is 1.44. The Hall–Kier alpha value is -1.25. The molecule has 0 spiro atoms. The zero-order valence-corrected chi connectivity index (χ0v) is 7.40. The van der Waals surface area contributed by atoms with Gasteiger partial charge in [0.15, 0.2) is 0 Å². The van der Waals surface area contributed by atoms with Gasteiger partial charge in [-0.15, -0.1) is 0 Å². The number of nitrogens with zero attached hydrogens (tertiary/aromatic N) is 1. The Labute approximate surface area is 82.3 Å². The lowest BCUT2D eigenvalue weighted by Crippen LogP contribution is -2.09. The molecule has 88 valence electrons. The first-order valence-electron chi connectivity index (χ1n) is 3.37. The van der Waals surface area contributed by atoms with Crippen molar-refractivity contribution in [2.45, 2.75) is 12.7 Å². The zero-order chi connectivity index (χ0) is 10.1. The van der Waals surface area contributed by atoms with Crippen molar-refractivity contribution in [3.63, 3.8) is 0 Å². The summed E-state index contributed by atoms with van der Waals surface area (Å²) in [4.78, 5) is 3.24. The summed E-state index contributed by atoms with van der Waals surface area (Å²) in [6.07, 6.45) is -4.01. The van der Waals surface area contributed by atoms with Crippen molar-refractivity contribution in [1.29, 1.82) is 0 Å². The quantitative estimate of drug-likeness (QED) is 0.689. The Kier molecular flexibility index (Phi) is 6.03. The number of hydrogen-bond acceptors (Lipinski definition) is 2. The third-order valence-electron chi connectivity index (χ3n) is 1.44. The molecule has 1 aromatic rings. The van der Waals surface area contributed by atoms with Gasteiger partial charge in [0.05, 0.1) is 11.3 Å². The van der Waals surface area contributed by atoms with Crippen molar-refractivity contribution < 1.29 is 28.5 Å². The maximum atomic E-state index is 12.7. The summed E-state index contributed by atoms with van der Waals surface area (Å²) < 4.78 is 48.6. The van der Waals surface area contributed by atoms with E-state index < -0.39 is 17.6 Å². The van der Waals surface area contributed by atoms with Crippen LogP contribution in [0.1, 0.15) is 11.3 Å². The van der Waals surface area contributed by atoms with Crippen LogP contribution in [0.2, 0.25) is 0 Å². The van der Waals surface area contributed by atoms with Crippen LogP contribution in [-0.4, -0.2) is 15.9 Å². The minimum absolute atomic E-state index is 0. The topological polar surface area (TPSA) is 102 Å². The number of alkyl halides is 3. The van der Waals surface area contributed by atoms with Gasteiger partial charge in [0.2, 0.25) is 0 Å². The van der Waals surface area contributed by atoms with Crippen LogP contribution in [0.3, 0.4) is 0 Å². The minimum atomic E-state index is -4.57. The van der Waals surface area contributed by atoms with E-state index in [1.54, 1.807) is 0 Å². The first-order chi connectivity index (χ1) is 5.95. The Morgan fingerprint density at radius 2 is 1.80 bits per heavy atom. The van der Waals surface area contributed by atoms with Crippen molar-refractivity contribution in [3.8, 4) is 0 Å². The second kappa shape index (κ2) is 5.59. The zero-order valence-electron chi connectivity index (χ0n) is 7.40. The summed E-state index contributed by atoms with van der Waals surface area (Å²) in [5.41, 5.74) is 3.74. The number of aromatic nitrogens is 1. The van der Waals surface area contributed by atoms with Gasteiger partial charge < -0.3 is 16.7 Å². The molecule has 0 bridgehead atoms. The van der Waals surface area contributed by atoms with E-state index in [1.807, 2.05) is 0 Å². The van der Waals surface area contributed by atoms with Crippen LogP contribution in [0.15, 0.2) is 12.3 Å². The first kappa shape index (κ1) is 16.2. The molecular weight excluding hydrogens is 220 g/mol. The first-order valence-corrected chi connectivity index (χ1v) is 3.37. The van der Waals surface area contributed by atoms with Gasteiger partial charge in [-0.1, -0.05) is 0 Å². The molecule has 0 unspecified atom stereocenters. The van der Waals surface area contributed by atoms with Crippen molar-refractivity contribution in [2.24, 2.45) is 5.73 Å². The van der Waals surface area contributed by atoms with Gasteiger partial charge in [-0.05, 0) is 6.07 Å². The predicted molar refractivity (Wildman–Crippen MR) is 44.3 cm³/mol. The molecule has 0 saturated heterocycles. The van der Waals surface area contributed by atoms with Crippen molar-refractivity contribution >= 4 is 0 Å². The maximum Gasteiger partial charge on any atom is 0.417 e. The molecule has 0 atom stereocenters. The Morgan fingerprint density at radius 3 is 2.13 bits per heavy atom. The van der Waals surface area contributed by atoms with Crippen molar-refractivity contribution in [1.82, 2.24) is 4.98 Å². The van der Waals surface area contributed by atoms with Crippen LogP contribution < -0.4 is 5.73 Å². The molecule has 0 aliphatic rings. The highest BCUT2D eigenvalue weighted by Crippen LogP contribution is 2.29. The summed E-state index contributed by atoms with van der Waals surface area (Å²) in [6.45, 7) is -0.218. The van der Waals surface area contributed by atoms with Gasteiger partial charge >= 0.3 is 6.18 Å². The lowest BCUT2D eigenvalue weighted by atomic mass is 10.2. The van der Waals surface area contributed by atoms with Crippen LogP contribution in [0, 0.1) is 5.82 Å². The molecule has 0 amide bonds. The van der Waals surface area contributed by atoms with Gasteiger partial charge in [-0.2, -0.15) is 13.2 Å². The number of hydrogen-bond donors (Lipinski definition) is 1. The van der Waals surface area contributed by atoms with E-state index in [0.29, 0.717) is 12.3 Å². The molecule has 0 aliphatic heterocycles. The summed E-state index contributed by atoms with van der Waals surface area (Å²) in [7, 11) is 0. The smallest absolute Gasteiger partial charge is 0.412 e. The van der Waals surface area contributed by atoms with E-state index in [2.05, 4.69) is 4.98 Å². The summed E-state index contributed by atoms with van der Waals surface area (Å²) in [5, 5.41) is 0. The Balaban J connectivity index is 0. The van der Waals surface area contributed by atoms with Gasteiger partial charge in [-0.3, -0.25) is 4.98 Å². The molecule has 8 heteroatoms. The Bertz CT molecular complexity index is 316. The molecule has 4 nitrogen and oxygen atoms in total. The van der Waals surface area contributed by atoms with Gasteiger partial charge in [0, 0.05) is 12.7 Å². The molecule has 1 heterocycles. The number of pyridine rings is 1. The molecule has 0 saturated carbocycles. The number of halogens is 4. The Morgan fingerprint density at radius 1 is 1.27 bits per heavy atom. The highest BCUT2D eigenvalue weighted by molar-refractivity contribution is 5.18. The van der Waals surface area contributed by atoms with E-state index in [0.717, 1.165) is 0 Å². The van der Waals surface area contributed by atoms with E-state index in [-0.39, 0.29) is 23.2 Å². The van der Waals surface area contributed by atoms with Crippen LogP contribution in [0.25, 0.3) is 0 Å². The van der Waals surface area contributed by atoms with Gasteiger partial charge in [0.25, 0.3) is 0 Å². The van der Waals surface area contributed by atoms with Crippen LogP contribution in [0.5, 0.6) is 0 Å². The minimum Gasteiger partial charge on any atom is -0.412 e. The molecule has 0 fully saturated rings. The summed E-state index contributed by atoms with van der Waals surface area (Å²) in [6, 6.07) is 0.384. The maximum absolute atomic E-state index is 12.7. The fourth-order valence-electron chi connectivity index (χ4n) is 0.771. The molecule has 1 rings (SSSR count). The van der Waals surface area contributed by atoms with E-state index in [9.17, 15) is 17.6 Å². The number of rotatable bonds is 1. The average Bonchev–Trinajstić information content (AvgIpc) is 2.02. The molecular formula is C7H10F4N2O2. The van der Waals surface area contributed by atoms with Crippen LogP contribution >= 0.6 is 0 Å². The average molecular weight is 230 g/mol. The number of nitrogens with two attached hydrogens (primary N) is 1. The summed E-state index contributed by atoms with van der Waals surface area (Å²) >= 11 is 0. The van der Waals surface area contributed by atoms with Crippen molar-refractivity contribution in [3.05, 3.63) is 29.3 Å². The molecule has 0 aliphatic carbocycles. The molecule has 1 aromatic heterocycles. The second-order valence-electron chi connectivity index (χ2n) is 2.35.